The Balaban J connectivity index is 3.11. The molecule has 8 heavy (non-hydrogen) atoms. The minimum absolute atomic E-state index is 0.204. The summed E-state index contributed by atoms with van der Waals surface area (Å²) in [5, 5.41) is 0. The van der Waals surface area contributed by atoms with E-state index in [0.29, 0.717) is 0 Å². The zero-order chi connectivity index (χ0) is 6.62. The Bertz CT molecular complexity index is 51.9. The molecule has 0 aromatic rings. The molecule has 0 saturated carbocycles. The van der Waals surface area contributed by atoms with Crippen molar-refractivity contribution in [2.75, 3.05) is 6.61 Å². The lowest BCUT2D eigenvalue weighted by molar-refractivity contribution is 0.151. The Morgan fingerprint density at radius 1 is 1.38 bits per heavy atom. The minimum Gasteiger partial charge on any atom is -0.375 e. The largest absolute Gasteiger partial charge is 0.375 e. The maximum Gasteiger partial charge on any atom is 0.0889 e. The van der Waals surface area contributed by atoms with Crippen molar-refractivity contribution in [3.63, 3.8) is 0 Å². The van der Waals surface area contributed by atoms with Gasteiger partial charge in [0.1, 0.15) is 0 Å². The van der Waals surface area contributed by atoms with Crippen molar-refractivity contribution >= 4 is 0 Å². The smallest absolute Gasteiger partial charge is 0.0889 e. The van der Waals surface area contributed by atoms with Crippen LogP contribution < -0.4 is 0 Å². The monoisotopic (exact) mass is 115 g/mol. The average Bonchev–Trinajstić information content (AvgIpc) is 1.59. The lowest BCUT2D eigenvalue weighted by Gasteiger charge is -2.15. The number of rotatable bonds is 2. The van der Waals surface area contributed by atoms with E-state index < -0.39 is 0 Å². The minimum atomic E-state index is 0.204. The van der Waals surface area contributed by atoms with Crippen molar-refractivity contribution in [2.45, 2.75) is 27.7 Å². The molecule has 0 aromatic heterocycles. The highest BCUT2D eigenvalue weighted by Gasteiger charge is 2.09. The van der Waals surface area contributed by atoms with Gasteiger partial charge in [-0.05, 0) is 12.3 Å². The second kappa shape index (κ2) is 3.08. The summed E-state index contributed by atoms with van der Waals surface area (Å²) in [4.78, 5) is 0. The van der Waals surface area contributed by atoms with Crippen molar-refractivity contribution < 1.29 is 4.74 Å². The molecular weight excluding hydrogens is 100 g/mol. The third kappa shape index (κ3) is 5.96. The summed E-state index contributed by atoms with van der Waals surface area (Å²) in [6.07, 6.45) is 0. The summed E-state index contributed by atoms with van der Waals surface area (Å²) < 4.78 is 5.07. The summed E-state index contributed by atoms with van der Waals surface area (Å²) in [5.41, 5.74) is 0.204. The van der Waals surface area contributed by atoms with Crippen LogP contribution >= 0.6 is 0 Å². The van der Waals surface area contributed by atoms with E-state index >= 15 is 0 Å². The molecule has 0 aliphatic carbocycles. The number of ether oxygens (including phenoxy) is 1. The maximum absolute atomic E-state index is 5.07. The van der Waals surface area contributed by atoms with Gasteiger partial charge in [-0.25, -0.2) is 0 Å². The van der Waals surface area contributed by atoms with Gasteiger partial charge in [-0.3, -0.25) is 0 Å². The molecule has 0 aliphatic heterocycles. The topological polar surface area (TPSA) is 9.23 Å². The van der Waals surface area contributed by atoms with Crippen LogP contribution in [-0.2, 0) is 4.74 Å². The summed E-state index contributed by atoms with van der Waals surface area (Å²) >= 11 is 0. The third-order valence-corrected chi connectivity index (χ3v) is 0.604. The lowest BCUT2D eigenvalue weighted by Crippen LogP contribution is -2.07. The van der Waals surface area contributed by atoms with Gasteiger partial charge in [0.05, 0.1) is 6.61 Å². The first kappa shape index (κ1) is 7.96. The molecule has 49 valence electrons. The molecule has 1 heteroatoms. The first-order valence-corrected chi connectivity index (χ1v) is 3.02. The van der Waals surface area contributed by atoms with E-state index in [2.05, 4.69) is 20.8 Å². The quantitative estimate of drug-likeness (QED) is 0.536. The zero-order valence-corrected chi connectivity index (χ0v) is 6.19. The predicted octanol–water partition coefficient (Wildman–Crippen LogP) is 2.23. The van der Waals surface area contributed by atoms with Crippen LogP contribution in [0.1, 0.15) is 27.7 Å². The molecule has 0 saturated heterocycles. The molecule has 0 aromatic carbocycles. The molecule has 0 atom stereocenters. The van der Waals surface area contributed by atoms with Crippen LogP contribution in [0.4, 0.5) is 0 Å². The van der Waals surface area contributed by atoms with Gasteiger partial charge in [-0.15, -0.1) is 0 Å². The standard InChI is InChI=1S/C7H15O/c1-5-8-6-7(2,3)4/h6H,5H2,1-4H3. The predicted molar refractivity (Wildman–Crippen MR) is 35.4 cm³/mol. The fourth-order valence-electron chi connectivity index (χ4n) is 0.333. The maximum atomic E-state index is 5.07. The van der Waals surface area contributed by atoms with E-state index in [0.717, 1.165) is 6.61 Å². The molecule has 0 N–H and O–H groups in total. The molecule has 1 radical (unpaired) electrons. The summed E-state index contributed by atoms with van der Waals surface area (Å²) in [5.74, 6) is 0. The van der Waals surface area contributed by atoms with Crippen molar-refractivity contribution in [1.29, 1.82) is 0 Å². The molecule has 0 bridgehead atoms. The summed E-state index contributed by atoms with van der Waals surface area (Å²) in [6.45, 7) is 11.0. The molecule has 0 spiro atoms. The van der Waals surface area contributed by atoms with Crippen molar-refractivity contribution in [3.05, 3.63) is 6.61 Å². The van der Waals surface area contributed by atoms with Gasteiger partial charge in [-0.1, -0.05) is 20.8 Å². The van der Waals surface area contributed by atoms with E-state index in [9.17, 15) is 0 Å². The van der Waals surface area contributed by atoms with E-state index in [-0.39, 0.29) is 5.41 Å². The zero-order valence-electron chi connectivity index (χ0n) is 6.19. The Labute approximate surface area is 52.0 Å². The van der Waals surface area contributed by atoms with Gasteiger partial charge in [0.25, 0.3) is 0 Å². The van der Waals surface area contributed by atoms with E-state index in [4.69, 9.17) is 4.74 Å². The van der Waals surface area contributed by atoms with Crippen LogP contribution in [0.3, 0.4) is 0 Å². The molecule has 0 heterocycles. The third-order valence-electron chi connectivity index (χ3n) is 0.604. The van der Waals surface area contributed by atoms with Crippen LogP contribution in [0.25, 0.3) is 0 Å². The van der Waals surface area contributed by atoms with Crippen LogP contribution in [0, 0.1) is 12.0 Å². The Morgan fingerprint density at radius 2 is 1.88 bits per heavy atom. The van der Waals surface area contributed by atoms with Gasteiger partial charge in [-0.2, -0.15) is 0 Å². The van der Waals surface area contributed by atoms with Crippen LogP contribution in [0.5, 0.6) is 0 Å². The molecule has 0 amide bonds. The Morgan fingerprint density at radius 3 is 2.00 bits per heavy atom. The fraction of sp³-hybridized carbons (Fsp3) is 0.857. The fourth-order valence-corrected chi connectivity index (χ4v) is 0.333. The van der Waals surface area contributed by atoms with Gasteiger partial charge in [0, 0.05) is 6.61 Å². The molecule has 0 aliphatic rings. The molecular formula is C7H15O. The van der Waals surface area contributed by atoms with Crippen LogP contribution in [0.15, 0.2) is 0 Å². The van der Waals surface area contributed by atoms with E-state index in [1.54, 1.807) is 0 Å². The van der Waals surface area contributed by atoms with Gasteiger partial charge < -0.3 is 4.74 Å². The first-order chi connectivity index (χ1) is 3.56. The number of hydrogen-bond acceptors (Lipinski definition) is 1. The Hall–Kier alpha value is -0.0400. The van der Waals surface area contributed by atoms with Gasteiger partial charge in [0.15, 0.2) is 0 Å². The van der Waals surface area contributed by atoms with Crippen molar-refractivity contribution in [3.8, 4) is 0 Å². The summed E-state index contributed by atoms with van der Waals surface area (Å²) in [6, 6.07) is 0. The SMILES string of the molecule is CCO[CH]C(C)(C)C. The highest BCUT2D eigenvalue weighted by molar-refractivity contribution is 4.70. The molecule has 1 nitrogen and oxygen atoms in total. The van der Waals surface area contributed by atoms with Crippen LogP contribution in [0.2, 0.25) is 0 Å². The van der Waals surface area contributed by atoms with Crippen LogP contribution in [-0.4, -0.2) is 6.61 Å². The highest BCUT2D eigenvalue weighted by atomic mass is 16.5. The normalized spacial score (nSPS) is 12.0. The lowest BCUT2D eigenvalue weighted by atomic mass is 9.99. The highest BCUT2D eigenvalue weighted by Crippen LogP contribution is 2.16. The van der Waals surface area contributed by atoms with Crippen molar-refractivity contribution in [2.24, 2.45) is 5.41 Å². The average molecular weight is 115 g/mol. The van der Waals surface area contributed by atoms with Gasteiger partial charge >= 0.3 is 0 Å². The second-order valence-corrected chi connectivity index (χ2v) is 2.94. The molecule has 0 fully saturated rings. The molecule has 0 unspecified atom stereocenters. The first-order valence-electron chi connectivity index (χ1n) is 3.02. The summed E-state index contributed by atoms with van der Waals surface area (Å²) in [7, 11) is 0. The van der Waals surface area contributed by atoms with E-state index in [1.807, 2.05) is 13.5 Å². The second-order valence-electron chi connectivity index (χ2n) is 2.94. The molecule has 0 rings (SSSR count). The van der Waals surface area contributed by atoms with E-state index in [1.165, 1.54) is 0 Å². The Kier molecular flexibility index (Phi) is 3.06. The van der Waals surface area contributed by atoms with Gasteiger partial charge in [0.2, 0.25) is 0 Å². The van der Waals surface area contributed by atoms with Crippen molar-refractivity contribution in [1.82, 2.24) is 0 Å². The number of hydrogen-bond donors (Lipinski definition) is 0.